The average molecular weight is 345 g/mol. The Morgan fingerprint density at radius 3 is 2.67 bits per heavy atom. The van der Waals surface area contributed by atoms with E-state index >= 15 is 0 Å². The topological polar surface area (TPSA) is 46.3 Å². The molecule has 1 saturated heterocycles. The third-order valence-corrected chi connectivity index (χ3v) is 4.48. The number of hydrogen-bond acceptors (Lipinski definition) is 2. The predicted molar refractivity (Wildman–Crippen MR) is 88.3 cm³/mol. The van der Waals surface area contributed by atoms with Gasteiger partial charge >= 0.3 is 0 Å². The lowest BCUT2D eigenvalue weighted by atomic mass is 9.99. The van der Waals surface area contributed by atoms with Gasteiger partial charge in [-0.2, -0.15) is 0 Å². The molecule has 1 aliphatic rings. The Morgan fingerprint density at radius 1 is 1.19 bits per heavy atom. The summed E-state index contributed by atoms with van der Waals surface area (Å²) in [5.41, 5.74) is 8.38. The van der Waals surface area contributed by atoms with Crippen molar-refractivity contribution < 1.29 is 4.79 Å². The number of likely N-dealkylation sites (tertiary alicyclic amines) is 1. The molecule has 1 unspecified atom stereocenters. The van der Waals surface area contributed by atoms with Gasteiger partial charge in [-0.3, -0.25) is 4.79 Å². The van der Waals surface area contributed by atoms with E-state index in [2.05, 4.69) is 28.1 Å². The molecule has 0 bridgehead atoms. The van der Waals surface area contributed by atoms with Crippen LogP contribution in [0.5, 0.6) is 0 Å². The molecule has 0 radical (unpaired) electrons. The molecule has 2 aromatic rings. The molecule has 1 atom stereocenters. The average Bonchev–Trinajstić information content (AvgIpc) is 2.97. The number of nitrogens with two attached hydrogens (primary N) is 1. The van der Waals surface area contributed by atoms with Crippen molar-refractivity contribution in [3.05, 3.63) is 64.1 Å². The molecule has 1 heterocycles. The summed E-state index contributed by atoms with van der Waals surface area (Å²) in [6.07, 6.45) is 1.01. The minimum absolute atomic E-state index is 0.0263. The Balaban J connectivity index is 1.75. The molecular weight excluding hydrogens is 328 g/mol. The van der Waals surface area contributed by atoms with Gasteiger partial charge in [0.1, 0.15) is 0 Å². The van der Waals surface area contributed by atoms with E-state index in [1.165, 1.54) is 5.56 Å². The molecule has 3 rings (SSSR count). The second-order valence-corrected chi connectivity index (χ2v) is 6.29. The van der Waals surface area contributed by atoms with Crippen molar-refractivity contribution in [2.24, 2.45) is 0 Å². The van der Waals surface area contributed by atoms with Crippen molar-refractivity contribution in [1.29, 1.82) is 0 Å². The fourth-order valence-corrected chi connectivity index (χ4v) is 3.22. The Bertz CT molecular complexity index is 657. The molecule has 1 fully saturated rings. The highest BCUT2D eigenvalue weighted by molar-refractivity contribution is 9.10. The molecule has 2 N–H and O–H groups in total. The van der Waals surface area contributed by atoms with E-state index in [-0.39, 0.29) is 5.91 Å². The van der Waals surface area contributed by atoms with Crippen LogP contribution in [0, 0.1) is 0 Å². The summed E-state index contributed by atoms with van der Waals surface area (Å²) in [4.78, 5) is 14.5. The Morgan fingerprint density at radius 2 is 1.95 bits per heavy atom. The molecule has 1 amide bonds. The maximum atomic E-state index is 12.6. The van der Waals surface area contributed by atoms with Gasteiger partial charge in [-0.1, -0.05) is 46.3 Å². The highest BCUT2D eigenvalue weighted by Gasteiger charge is 2.28. The van der Waals surface area contributed by atoms with Crippen LogP contribution in [0.25, 0.3) is 0 Å². The number of nitrogens with zero attached hydrogens (tertiary/aromatic N) is 1. The second-order valence-electron chi connectivity index (χ2n) is 5.38. The highest BCUT2D eigenvalue weighted by Crippen LogP contribution is 2.29. The maximum absolute atomic E-state index is 12.6. The molecular formula is C17H17BrN2O. The van der Waals surface area contributed by atoms with Crippen molar-refractivity contribution in [3.8, 4) is 0 Å². The van der Waals surface area contributed by atoms with Crippen molar-refractivity contribution >= 4 is 27.5 Å². The van der Waals surface area contributed by atoms with Crippen molar-refractivity contribution in [2.75, 3.05) is 18.8 Å². The van der Waals surface area contributed by atoms with Crippen LogP contribution in [-0.2, 0) is 0 Å². The number of carbonyl (C=O) groups is 1. The summed E-state index contributed by atoms with van der Waals surface area (Å²) in [7, 11) is 0. The van der Waals surface area contributed by atoms with Gasteiger partial charge in [0.25, 0.3) is 5.91 Å². The number of halogens is 1. The van der Waals surface area contributed by atoms with Gasteiger partial charge in [-0.25, -0.2) is 0 Å². The zero-order valence-electron chi connectivity index (χ0n) is 11.6. The number of nitrogen functional groups attached to an aromatic ring is 1. The van der Waals surface area contributed by atoms with E-state index < -0.39 is 0 Å². The van der Waals surface area contributed by atoms with E-state index in [1.807, 2.05) is 29.2 Å². The predicted octanol–water partition coefficient (Wildman–Crippen LogP) is 3.66. The molecule has 4 heteroatoms. The number of benzene rings is 2. The SMILES string of the molecule is Nc1cc(Br)ccc1C(=O)N1CCC(c2ccccc2)C1. The molecule has 21 heavy (non-hydrogen) atoms. The summed E-state index contributed by atoms with van der Waals surface area (Å²) in [6, 6.07) is 15.8. The lowest BCUT2D eigenvalue weighted by Gasteiger charge is -2.18. The minimum Gasteiger partial charge on any atom is -0.398 e. The number of amides is 1. The summed E-state index contributed by atoms with van der Waals surface area (Å²) in [5, 5.41) is 0. The Hall–Kier alpha value is -1.81. The smallest absolute Gasteiger partial charge is 0.255 e. The normalized spacial score (nSPS) is 18.0. The lowest BCUT2D eigenvalue weighted by molar-refractivity contribution is 0.0792. The summed E-state index contributed by atoms with van der Waals surface area (Å²) in [5.74, 6) is 0.449. The summed E-state index contributed by atoms with van der Waals surface area (Å²) < 4.78 is 0.889. The fourth-order valence-electron chi connectivity index (χ4n) is 2.84. The highest BCUT2D eigenvalue weighted by atomic mass is 79.9. The van der Waals surface area contributed by atoms with Crippen molar-refractivity contribution in [1.82, 2.24) is 4.90 Å². The van der Waals surface area contributed by atoms with Crippen molar-refractivity contribution in [3.63, 3.8) is 0 Å². The van der Waals surface area contributed by atoms with Crippen LogP contribution in [0.2, 0.25) is 0 Å². The zero-order chi connectivity index (χ0) is 14.8. The monoisotopic (exact) mass is 344 g/mol. The van der Waals surface area contributed by atoms with Crippen LogP contribution in [0.3, 0.4) is 0 Å². The first-order valence-corrected chi connectivity index (χ1v) is 7.83. The first-order valence-electron chi connectivity index (χ1n) is 7.04. The largest absolute Gasteiger partial charge is 0.398 e. The van der Waals surface area contributed by atoms with Crippen LogP contribution in [0.4, 0.5) is 5.69 Å². The molecule has 0 aromatic heterocycles. The van der Waals surface area contributed by atoms with Crippen LogP contribution in [-0.4, -0.2) is 23.9 Å². The molecule has 0 aliphatic carbocycles. The Labute approximate surface area is 132 Å². The third kappa shape index (κ3) is 2.95. The maximum Gasteiger partial charge on any atom is 0.255 e. The first-order chi connectivity index (χ1) is 10.1. The van der Waals surface area contributed by atoms with Crippen LogP contribution in [0.15, 0.2) is 53.0 Å². The number of carbonyl (C=O) groups excluding carboxylic acids is 1. The van der Waals surface area contributed by atoms with Gasteiger partial charge in [0.05, 0.1) is 5.56 Å². The number of anilines is 1. The lowest BCUT2D eigenvalue weighted by Crippen LogP contribution is -2.29. The van der Waals surface area contributed by atoms with Gasteiger partial charge in [0, 0.05) is 29.2 Å². The van der Waals surface area contributed by atoms with Gasteiger partial charge in [-0.15, -0.1) is 0 Å². The van der Waals surface area contributed by atoms with Crippen LogP contribution >= 0.6 is 15.9 Å². The Kier molecular flexibility index (Phi) is 3.97. The quantitative estimate of drug-likeness (QED) is 0.845. The molecule has 0 spiro atoms. The fraction of sp³-hybridized carbons (Fsp3) is 0.235. The van der Waals surface area contributed by atoms with E-state index in [0.29, 0.717) is 17.2 Å². The van der Waals surface area contributed by atoms with E-state index in [1.54, 1.807) is 12.1 Å². The standard InChI is InChI=1S/C17H17BrN2O/c18-14-6-7-15(16(19)10-14)17(21)20-9-8-13(11-20)12-4-2-1-3-5-12/h1-7,10,13H,8-9,11,19H2. The van der Waals surface area contributed by atoms with Crippen molar-refractivity contribution in [2.45, 2.75) is 12.3 Å². The summed E-state index contributed by atoms with van der Waals surface area (Å²) in [6.45, 7) is 1.55. The molecule has 1 aliphatic heterocycles. The van der Waals surface area contributed by atoms with Crippen LogP contribution in [0.1, 0.15) is 28.3 Å². The first kappa shape index (κ1) is 14.1. The molecule has 2 aromatic carbocycles. The van der Waals surface area contributed by atoms with Gasteiger partial charge in [-0.05, 0) is 30.2 Å². The minimum atomic E-state index is 0.0263. The van der Waals surface area contributed by atoms with E-state index in [0.717, 1.165) is 24.0 Å². The van der Waals surface area contributed by atoms with Gasteiger partial charge in [0.15, 0.2) is 0 Å². The molecule has 3 nitrogen and oxygen atoms in total. The molecule has 0 saturated carbocycles. The zero-order valence-corrected chi connectivity index (χ0v) is 13.2. The van der Waals surface area contributed by atoms with Gasteiger partial charge in [0.2, 0.25) is 0 Å². The summed E-state index contributed by atoms with van der Waals surface area (Å²) >= 11 is 3.36. The third-order valence-electron chi connectivity index (χ3n) is 3.99. The number of hydrogen-bond donors (Lipinski definition) is 1. The molecule has 108 valence electrons. The van der Waals surface area contributed by atoms with E-state index in [9.17, 15) is 4.79 Å². The van der Waals surface area contributed by atoms with Crippen LogP contribution < -0.4 is 5.73 Å². The second kappa shape index (κ2) is 5.90. The van der Waals surface area contributed by atoms with Gasteiger partial charge < -0.3 is 10.6 Å². The van der Waals surface area contributed by atoms with E-state index in [4.69, 9.17) is 5.73 Å². The number of rotatable bonds is 2.